The van der Waals surface area contributed by atoms with Crippen molar-refractivity contribution in [2.75, 3.05) is 19.6 Å². The molecule has 116 valence electrons. The molecule has 0 saturated carbocycles. The van der Waals surface area contributed by atoms with Gasteiger partial charge >= 0.3 is 5.97 Å². The second-order valence-electron chi connectivity index (χ2n) is 6.31. The maximum atomic E-state index is 10.5. The van der Waals surface area contributed by atoms with Crippen molar-refractivity contribution in [3.8, 4) is 0 Å². The van der Waals surface area contributed by atoms with Gasteiger partial charge < -0.3 is 10.0 Å². The first kappa shape index (κ1) is 16.0. The number of hydrogen-bond donors (Lipinski definition) is 1. The third-order valence-corrected chi connectivity index (χ3v) is 4.53. The standard InChI is InChI=1S/C18H27NO2/c1-15-4-6-16(7-5-15)8-9-17-10-13-19(14-11-17)12-2-3-18(20)21/h4-7,17H,2-3,8-14H2,1H3,(H,20,21). The van der Waals surface area contributed by atoms with Crippen molar-refractivity contribution in [1.82, 2.24) is 4.90 Å². The minimum atomic E-state index is -0.678. The van der Waals surface area contributed by atoms with E-state index in [2.05, 4.69) is 36.1 Å². The van der Waals surface area contributed by atoms with Crippen LogP contribution in [0, 0.1) is 12.8 Å². The molecular formula is C18H27NO2. The average Bonchev–Trinajstić information content (AvgIpc) is 2.48. The summed E-state index contributed by atoms with van der Waals surface area (Å²) in [7, 11) is 0. The topological polar surface area (TPSA) is 40.5 Å². The van der Waals surface area contributed by atoms with E-state index in [1.807, 2.05) is 0 Å². The predicted molar refractivity (Wildman–Crippen MR) is 85.5 cm³/mol. The highest BCUT2D eigenvalue weighted by Crippen LogP contribution is 2.22. The van der Waals surface area contributed by atoms with Gasteiger partial charge in [0, 0.05) is 6.42 Å². The summed E-state index contributed by atoms with van der Waals surface area (Å²) in [5.41, 5.74) is 2.78. The number of benzene rings is 1. The summed E-state index contributed by atoms with van der Waals surface area (Å²) in [6.07, 6.45) is 6.07. The van der Waals surface area contributed by atoms with Crippen molar-refractivity contribution in [3.05, 3.63) is 35.4 Å². The van der Waals surface area contributed by atoms with E-state index in [-0.39, 0.29) is 0 Å². The highest BCUT2D eigenvalue weighted by molar-refractivity contribution is 5.66. The maximum Gasteiger partial charge on any atom is 0.303 e. The molecule has 0 aromatic heterocycles. The van der Waals surface area contributed by atoms with E-state index in [4.69, 9.17) is 5.11 Å². The molecule has 0 amide bonds. The molecule has 2 rings (SSSR count). The summed E-state index contributed by atoms with van der Waals surface area (Å²) in [4.78, 5) is 12.9. The Balaban J connectivity index is 1.62. The van der Waals surface area contributed by atoms with Crippen molar-refractivity contribution in [2.45, 2.75) is 45.4 Å². The fourth-order valence-electron chi connectivity index (χ4n) is 3.08. The molecular weight excluding hydrogens is 262 g/mol. The second kappa shape index (κ2) is 8.18. The van der Waals surface area contributed by atoms with Crippen LogP contribution in [0.15, 0.2) is 24.3 Å². The van der Waals surface area contributed by atoms with E-state index >= 15 is 0 Å². The van der Waals surface area contributed by atoms with Crippen molar-refractivity contribution in [2.24, 2.45) is 5.92 Å². The van der Waals surface area contributed by atoms with E-state index in [0.29, 0.717) is 6.42 Å². The number of carboxylic acids is 1. The number of aliphatic carboxylic acids is 1. The minimum Gasteiger partial charge on any atom is -0.481 e. The number of likely N-dealkylation sites (tertiary alicyclic amines) is 1. The molecule has 21 heavy (non-hydrogen) atoms. The number of carboxylic acid groups (broad SMARTS) is 1. The molecule has 1 heterocycles. The van der Waals surface area contributed by atoms with Crippen molar-refractivity contribution in [3.63, 3.8) is 0 Å². The second-order valence-corrected chi connectivity index (χ2v) is 6.31. The van der Waals surface area contributed by atoms with Crippen molar-refractivity contribution in [1.29, 1.82) is 0 Å². The third-order valence-electron chi connectivity index (χ3n) is 4.53. The zero-order valence-electron chi connectivity index (χ0n) is 13.1. The van der Waals surface area contributed by atoms with Crippen LogP contribution in [0.5, 0.6) is 0 Å². The Morgan fingerprint density at radius 1 is 1.24 bits per heavy atom. The fourth-order valence-corrected chi connectivity index (χ4v) is 3.08. The summed E-state index contributed by atoms with van der Waals surface area (Å²) in [6, 6.07) is 8.88. The molecule has 1 aromatic rings. The van der Waals surface area contributed by atoms with Crippen LogP contribution in [0.2, 0.25) is 0 Å². The lowest BCUT2D eigenvalue weighted by Crippen LogP contribution is -2.34. The molecule has 1 saturated heterocycles. The number of nitrogens with zero attached hydrogens (tertiary/aromatic N) is 1. The number of aryl methyl sites for hydroxylation is 2. The van der Waals surface area contributed by atoms with Gasteiger partial charge in [0.25, 0.3) is 0 Å². The number of piperidine rings is 1. The highest BCUT2D eigenvalue weighted by atomic mass is 16.4. The quantitative estimate of drug-likeness (QED) is 0.835. The fraction of sp³-hybridized carbons (Fsp3) is 0.611. The van der Waals surface area contributed by atoms with Crippen LogP contribution in [0.4, 0.5) is 0 Å². The summed E-state index contributed by atoms with van der Waals surface area (Å²) in [5.74, 6) is 0.157. The van der Waals surface area contributed by atoms with Crippen LogP contribution in [0.3, 0.4) is 0 Å². The molecule has 3 nitrogen and oxygen atoms in total. The van der Waals surface area contributed by atoms with Gasteiger partial charge in [0.05, 0.1) is 0 Å². The third kappa shape index (κ3) is 5.88. The smallest absolute Gasteiger partial charge is 0.303 e. The Kier molecular flexibility index (Phi) is 6.24. The lowest BCUT2D eigenvalue weighted by atomic mass is 9.90. The van der Waals surface area contributed by atoms with Gasteiger partial charge in [-0.25, -0.2) is 0 Å². The first-order chi connectivity index (χ1) is 10.1. The van der Waals surface area contributed by atoms with Crippen LogP contribution < -0.4 is 0 Å². The molecule has 0 spiro atoms. The van der Waals surface area contributed by atoms with Gasteiger partial charge in [-0.2, -0.15) is 0 Å². The van der Waals surface area contributed by atoms with Gasteiger partial charge in [-0.1, -0.05) is 29.8 Å². The van der Waals surface area contributed by atoms with Crippen LogP contribution in [-0.2, 0) is 11.2 Å². The molecule has 1 aromatic carbocycles. The average molecular weight is 289 g/mol. The van der Waals surface area contributed by atoms with Gasteiger partial charge in [0.1, 0.15) is 0 Å². The molecule has 1 N–H and O–H groups in total. The van der Waals surface area contributed by atoms with E-state index in [1.165, 1.54) is 36.8 Å². The van der Waals surface area contributed by atoms with E-state index in [9.17, 15) is 4.79 Å². The van der Waals surface area contributed by atoms with E-state index in [0.717, 1.165) is 32.0 Å². The molecule has 1 fully saturated rings. The summed E-state index contributed by atoms with van der Waals surface area (Å²) >= 11 is 0. The van der Waals surface area contributed by atoms with Gasteiger partial charge in [-0.05, 0) is 70.1 Å². The highest BCUT2D eigenvalue weighted by Gasteiger charge is 2.18. The summed E-state index contributed by atoms with van der Waals surface area (Å²) in [5, 5.41) is 8.66. The van der Waals surface area contributed by atoms with Crippen molar-refractivity contribution < 1.29 is 9.90 Å². The summed E-state index contributed by atoms with van der Waals surface area (Å²) in [6.45, 7) is 5.34. The number of carbonyl (C=O) groups is 1. The largest absolute Gasteiger partial charge is 0.481 e. The first-order valence-corrected chi connectivity index (χ1v) is 8.13. The number of rotatable bonds is 7. The Labute approximate surface area is 128 Å². The zero-order chi connectivity index (χ0) is 15.1. The Bertz CT molecular complexity index is 433. The van der Waals surface area contributed by atoms with Crippen LogP contribution in [-0.4, -0.2) is 35.6 Å². The Hall–Kier alpha value is -1.35. The SMILES string of the molecule is Cc1ccc(CCC2CCN(CCCC(=O)O)CC2)cc1. The Morgan fingerprint density at radius 2 is 1.90 bits per heavy atom. The van der Waals surface area contributed by atoms with Gasteiger partial charge in [-0.15, -0.1) is 0 Å². The van der Waals surface area contributed by atoms with Crippen LogP contribution >= 0.6 is 0 Å². The minimum absolute atomic E-state index is 0.299. The number of hydrogen-bond acceptors (Lipinski definition) is 2. The van der Waals surface area contributed by atoms with Gasteiger partial charge in [-0.3, -0.25) is 4.79 Å². The first-order valence-electron chi connectivity index (χ1n) is 8.13. The Morgan fingerprint density at radius 3 is 2.52 bits per heavy atom. The molecule has 0 atom stereocenters. The van der Waals surface area contributed by atoms with E-state index in [1.54, 1.807) is 0 Å². The van der Waals surface area contributed by atoms with Gasteiger partial charge in [0.2, 0.25) is 0 Å². The molecule has 0 aliphatic carbocycles. The molecule has 1 aliphatic rings. The zero-order valence-corrected chi connectivity index (χ0v) is 13.1. The molecule has 0 unspecified atom stereocenters. The molecule has 0 bridgehead atoms. The molecule has 1 aliphatic heterocycles. The normalized spacial score (nSPS) is 17.0. The lowest BCUT2D eigenvalue weighted by Gasteiger charge is -2.31. The van der Waals surface area contributed by atoms with Crippen molar-refractivity contribution >= 4 is 5.97 Å². The van der Waals surface area contributed by atoms with Crippen LogP contribution in [0.1, 0.15) is 43.2 Å². The maximum absolute atomic E-state index is 10.5. The lowest BCUT2D eigenvalue weighted by molar-refractivity contribution is -0.137. The molecule has 3 heteroatoms. The molecule has 0 radical (unpaired) electrons. The summed E-state index contributed by atoms with van der Waals surface area (Å²) < 4.78 is 0. The van der Waals surface area contributed by atoms with Crippen LogP contribution in [0.25, 0.3) is 0 Å². The predicted octanol–water partition coefficient (Wildman–Crippen LogP) is 3.50. The van der Waals surface area contributed by atoms with Gasteiger partial charge in [0.15, 0.2) is 0 Å². The monoisotopic (exact) mass is 289 g/mol. The van der Waals surface area contributed by atoms with E-state index < -0.39 is 5.97 Å².